The van der Waals surface area contributed by atoms with Crippen LogP contribution < -0.4 is 10.3 Å². The van der Waals surface area contributed by atoms with Crippen LogP contribution in [0.3, 0.4) is 0 Å². The molecule has 0 unspecified atom stereocenters. The molecule has 1 aliphatic heterocycles. The first-order valence-corrected chi connectivity index (χ1v) is 12.4. The summed E-state index contributed by atoms with van der Waals surface area (Å²) in [5.41, 5.74) is 5.92. The van der Waals surface area contributed by atoms with E-state index < -0.39 is 0 Å². The SMILES string of the molecule is Cc1csc(COc2ccn(C3=Cc4ccc(CN5CCN(C)CC5)cc4CC3)c(=O)c2)n1. The number of hydrogen-bond donors (Lipinski definition) is 0. The van der Waals surface area contributed by atoms with E-state index in [0.717, 1.165) is 62.0 Å². The van der Waals surface area contributed by atoms with Crippen molar-refractivity contribution in [1.29, 1.82) is 0 Å². The van der Waals surface area contributed by atoms with Gasteiger partial charge in [-0.25, -0.2) is 4.98 Å². The maximum Gasteiger partial charge on any atom is 0.258 e. The maximum absolute atomic E-state index is 12.8. The predicted molar refractivity (Wildman–Crippen MR) is 134 cm³/mol. The van der Waals surface area contributed by atoms with Gasteiger partial charge in [-0.05, 0) is 55.6 Å². The lowest BCUT2D eigenvalue weighted by Crippen LogP contribution is -2.43. The zero-order valence-corrected chi connectivity index (χ0v) is 20.1. The standard InChI is InChI=1S/C26H30N4O2S/c1-19-18-33-25(27-19)17-32-24-7-8-30(26(31)15-24)23-6-5-21-13-20(3-4-22(21)14-23)16-29-11-9-28(2)10-12-29/h3-4,7-8,13-15,18H,5-6,9-12,16-17H2,1-2H3. The molecular weight excluding hydrogens is 432 g/mol. The van der Waals surface area contributed by atoms with Gasteiger partial charge < -0.3 is 9.64 Å². The highest BCUT2D eigenvalue weighted by atomic mass is 32.1. The van der Waals surface area contributed by atoms with Gasteiger partial charge in [-0.3, -0.25) is 14.3 Å². The molecule has 2 aliphatic rings. The van der Waals surface area contributed by atoms with Crippen molar-refractivity contribution in [3.63, 3.8) is 0 Å². The first kappa shape index (κ1) is 22.1. The molecule has 1 aliphatic carbocycles. The third kappa shape index (κ3) is 5.27. The largest absolute Gasteiger partial charge is 0.486 e. The molecule has 3 aromatic rings. The fourth-order valence-corrected chi connectivity index (χ4v) is 5.17. The Morgan fingerprint density at radius 3 is 2.70 bits per heavy atom. The molecule has 0 saturated carbocycles. The van der Waals surface area contributed by atoms with Crippen molar-refractivity contribution < 1.29 is 4.74 Å². The monoisotopic (exact) mass is 462 g/mol. The summed E-state index contributed by atoms with van der Waals surface area (Å²) in [7, 11) is 2.19. The van der Waals surface area contributed by atoms with E-state index in [4.69, 9.17) is 4.74 Å². The summed E-state index contributed by atoms with van der Waals surface area (Å²) in [5, 5.41) is 2.91. The Morgan fingerprint density at radius 1 is 1.09 bits per heavy atom. The van der Waals surface area contributed by atoms with Crippen LogP contribution in [-0.4, -0.2) is 52.6 Å². The van der Waals surface area contributed by atoms with Gasteiger partial charge in [-0.15, -0.1) is 11.3 Å². The third-order valence-corrected chi connectivity index (χ3v) is 7.35. The van der Waals surface area contributed by atoms with Gasteiger partial charge in [0.05, 0.1) is 0 Å². The first-order valence-electron chi connectivity index (χ1n) is 11.5. The fourth-order valence-electron chi connectivity index (χ4n) is 4.49. The van der Waals surface area contributed by atoms with Gasteiger partial charge >= 0.3 is 0 Å². The number of ether oxygens (including phenoxy) is 1. The number of piperazine rings is 1. The van der Waals surface area contributed by atoms with E-state index in [2.05, 4.69) is 46.1 Å². The second-order valence-electron chi connectivity index (χ2n) is 8.99. The molecule has 6 nitrogen and oxygen atoms in total. The summed E-state index contributed by atoms with van der Waals surface area (Å²) in [6.45, 7) is 7.90. The van der Waals surface area contributed by atoms with Crippen molar-refractivity contribution in [2.24, 2.45) is 0 Å². The Morgan fingerprint density at radius 2 is 1.94 bits per heavy atom. The minimum atomic E-state index is -0.0656. The Hall–Kier alpha value is -2.74. The predicted octanol–water partition coefficient (Wildman–Crippen LogP) is 3.88. The minimum Gasteiger partial charge on any atom is -0.486 e. The van der Waals surface area contributed by atoms with Crippen LogP contribution in [-0.2, 0) is 19.6 Å². The summed E-state index contributed by atoms with van der Waals surface area (Å²) >= 11 is 1.57. The van der Waals surface area contributed by atoms with E-state index in [0.29, 0.717) is 12.4 Å². The number of likely N-dealkylation sites (N-methyl/N-ethyl adjacent to an activating group) is 1. The molecular formula is C26H30N4O2S. The molecule has 0 N–H and O–H groups in total. The van der Waals surface area contributed by atoms with Gasteiger partial charge in [0.25, 0.3) is 5.56 Å². The Bertz CT molecular complexity index is 1220. The highest BCUT2D eigenvalue weighted by Gasteiger charge is 2.17. The maximum atomic E-state index is 12.8. The normalized spacial score (nSPS) is 17.0. The second kappa shape index (κ2) is 9.63. The summed E-state index contributed by atoms with van der Waals surface area (Å²) in [6.07, 6.45) is 5.78. The molecule has 1 aromatic carbocycles. The molecule has 0 amide bonds. The number of fused-ring (bicyclic) bond motifs is 1. The molecule has 0 spiro atoms. The van der Waals surface area contributed by atoms with E-state index in [1.807, 2.05) is 24.6 Å². The lowest BCUT2D eigenvalue weighted by atomic mass is 9.93. The van der Waals surface area contributed by atoms with E-state index in [1.54, 1.807) is 22.0 Å². The van der Waals surface area contributed by atoms with E-state index in [1.165, 1.54) is 16.7 Å². The number of rotatable bonds is 6. The van der Waals surface area contributed by atoms with Crippen LogP contribution in [0.5, 0.6) is 5.75 Å². The van der Waals surface area contributed by atoms with Crippen LogP contribution in [0.25, 0.3) is 11.8 Å². The zero-order valence-electron chi connectivity index (χ0n) is 19.3. The molecule has 2 aromatic heterocycles. The summed E-state index contributed by atoms with van der Waals surface area (Å²) in [6, 6.07) is 10.2. The van der Waals surface area contributed by atoms with Crippen LogP contribution in [0.15, 0.2) is 46.7 Å². The van der Waals surface area contributed by atoms with E-state index in [-0.39, 0.29) is 5.56 Å². The summed E-state index contributed by atoms with van der Waals surface area (Å²) in [5.74, 6) is 0.578. The number of thiazole rings is 1. The lowest BCUT2D eigenvalue weighted by molar-refractivity contribution is 0.148. The molecule has 7 heteroatoms. The highest BCUT2D eigenvalue weighted by Crippen LogP contribution is 2.28. The second-order valence-corrected chi connectivity index (χ2v) is 9.93. The molecule has 1 fully saturated rings. The van der Waals surface area contributed by atoms with E-state index in [9.17, 15) is 4.79 Å². The summed E-state index contributed by atoms with van der Waals surface area (Å²) < 4.78 is 7.51. The van der Waals surface area contributed by atoms with Gasteiger partial charge in [-0.1, -0.05) is 18.2 Å². The van der Waals surface area contributed by atoms with Crippen molar-refractivity contribution in [1.82, 2.24) is 19.4 Å². The van der Waals surface area contributed by atoms with Crippen molar-refractivity contribution >= 4 is 23.1 Å². The first-order chi connectivity index (χ1) is 16.0. The summed E-state index contributed by atoms with van der Waals surface area (Å²) in [4.78, 5) is 22.1. The number of pyridine rings is 1. The van der Waals surface area contributed by atoms with Gasteiger partial charge in [0.1, 0.15) is 17.4 Å². The average molecular weight is 463 g/mol. The van der Waals surface area contributed by atoms with E-state index >= 15 is 0 Å². The molecule has 33 heavy (non-hydrogen) atoms. The molecule has 0 atom stereocenters. The smallest absolute Gasteiger partial charge is 0.258 e. The van der Waals surface area contributed by atoms with Gasteiger partial charge in [-0.2, -0.15) is 0 Å². The number of benzene rings is 1. The Kier molecular flexibility index (Phi) is 6.44. The van der Waals surface area contributed by atoms with Crippen molar-refractivity contribution in [3.05, 3.63) is 79.7 Å². The zero-order chi connectivity index (χ0) is 22.8. The number of aromatic nitrogens is 2. The Balaban J connectivity index is 1.27. The van der Waals surface area contributed by atoms with Gasteiger partial charge in [0.2, 0.25) is 0 Å². The molecule has 1 saturated heterocycles. The third-order valence-electron chi connectivity index (χ3n) is 6.41. The van der Waals surface area contributed by atoms with Crippen LogP contribution in [0.2, 0.25) is 0 Å². The fraction of sp³-hybridized carbons (Fsp3) is 0.385. The number of aryl methyl sites for hydroxylation is 2. The number of hydrogen-bond acceptors (Lipinski definition) is 6. The molecule has 0 bridgehead atoms. The quantitative estimate of drug-likeness (QED) is 0.556. The minimum absolute atomic E-state index is 0.0656. The number of allylic oxidation sites excluding steroid dienone is 1. The molecule has 172 valence electrons. The lowest BCUT2D eigenvalue weighted by Gasteiger charge is -2.32. The van der Waals surface area contributed by atoms with Gasteiger partial charge in [0.15, 0.2) is 0 Å². The van der Waals surface area contributed by atoms with Gasteiger partial charge in [0, 0.05) is 61.8 Å². The molecule has 0 radical (unpaired) electrons. The van der Waals surface area contributed by atoms with Crippen LogP contribution in [0.1, 0.15) is 33.8 Å². The molecule has 3 heterocycles. The molecule has 5 rings (SSSR count). The van der Waals surface area contributed by atoms with Crippen molar-refractivity contribution in [3.8, 4) is 5.75 Å². The van der Waals surface area contributed by atoms with Crippen molar-refractivity contribution in [2.45, 2.75) is 32.9 Å². The van der Waals surface area contributed by atoms with Crippen LogP contribution in [0.4, 0.5) is 0 Å². The highest BCUT2D eigenvalue weighted by molar-refractivity contribution is 7.09. The average Bonchev–Trinajstić information content (AvgIpc) is 3.24. The topological polar surface area (TPSA) is 50.6 Å². The Labute approximate surface area is 198 Å². The van der Waals surface area contributed by atoms with Crippen LogP contribution in [0, 0.1) is 6.92 Å². The van der Waals surface area contributed by atoms with Crippen molar-refractivity contribution in [2.75, 3.05) is 33.2 Å². The number of nitrogens with zero attached hydrogens (tertiary/aromatic N) is 4. The van der Waals surface area contributed by atoms with Crippen LogP contribution >= 0.6 is 11.3 Å².